The summed E-state index contributed by atoms with van der Waals surface area (Å²) < 4.78 is 0. The highest BCUT2D eigenvalue weighted by Gasteiger charge is 2.04. The number of nitrogens with one attached hydrogen (secondary N) is 2. The van der Waals surface area contributed by atoms with Crippen molar-refractivity contribution in [3.05, 3.63) is 16.7 Å². The molecule has 0 radical (unpaired) electrons. The molecule has 1 aromatic heterocycles. The van der Waals surface area contributed by atoms with Gasteiger partial charge in [-0.05, 0) is 40.3 Å². The Morgan fingerprint density at radius 3 is 2.89 bits per heavy atom. The van der Waals surface area contributed by atoms with E-state index < -0.39 is 0 Å². The van der Waals surface area contributed by atoms with Crippen LogP contribution in [0.4, 0.5) is 11.5 Å². The molecule has 0 aliphatic rings. The van der Waals surface area contributed by atoms with Crippen LogP contribution in [0.1, 0.15) is 26.7 Å². The number of anilines is 2. The molecule has 102 valence electrons. The maximum absolute atomic E-state index is 11.2. The van der Waals surface area contributed by atoms with E-state index in [0.29, 0.717) is 11.9 Å². The number of aromatic amines is 1. The minimum Gasteiger partial charge on any atom is -0.391 e. The van der Waals surface area contributed by atoms with Gasteiger partial charge in [0.15, 0.2) is 5.82 Å². The predicted octanol–water partition coefficient (Wildman–Crippen LogP) is 0.884. The van der Waals surface area contributed by atoms with Gasteiger partial charge in [-0.1, -0.05) is 0 Å². The highest BCUT2D eigenvalue weighted by Crippen LogP contribution is 2.07. The number of nitrogens with two attached hydrogens (primary N) is 1. The summed E-state index contributed by atoms with van der Waals surface area (Å²) >= 11 is 0. The predicted molar refractivity (Wildman–Crippen MR) is 74.8 cm³/mol. The standard InChI is InChI=1S/C12H23N5O/c1-9(2)17(3)7-5-4-6-14-11-10(13)12(18)16-8-15-11/h8-9H,4-7,13H2,1-3H3,(H2,14,15,16,18). The quantitative estimate of drug-likeness (QED) is 0.628. The van der Waals surface area contributed by atoms with Gasteiger partial charge in [0, 0.05) is 12.6 Å². The second-order valence-electron chi connectivity index (χ2n) is 4.70. The number of aromatic nitrogens is 2. The number of nitrogen functional groups attached to an aromatic ring is 1. The summed E-state index contributed by atoms with van der Waals surface area (Å²) in [6, 6.07) is 0.572. The summed E-state index contributed by atoms with van der Waals surface area (Å²) in [5, 5.41) is 3.08. The Bertz CT molecular complexity index is 415. The molecule has 0 spiro atoms. The van der Waals surface area contributed by atoms with Gasteiger partial charge in [0.2, 0.25) is 0 Å². The van der Waals surface area contributed by atoms with Gasteiger partial charge in [-0.2, -0.15) is 0 Å². The zero-order valence-corrected chi connectivity index (χ0v) is 11.4. The molecule has 0 aliphatic carbocycles. The number of hydrogen-bond donors (Lipinski definition) is 3. The lowest BCUT2D eigenvalue weighted by Gasteiger charge is -2.20. The second-order valence-corrected chi connectivity index (χ2v) is 4.70. The normalized spacial score (nSPS) is 11.2. The molecular formula is C12H23N5O. The van der Waals surface area contributed by atoms with Gasteiger partial charge < -0.3 is 20.9 Å². The molecule has 0 saturated heterocycles. The molecule has 18 heavy (non-hydrogen) atoms. The lowest BCUT2D eigenvalue weighted by molar-refractivity contribution is 0.269. The molecule has 0 bridgehead atoms. The minimum absolute atomic E-state index is 0.150. The van der Waals surface area contributed by atoms with E-state index in [1.165, 1.54) is 6.33 Å². The van der Waals surface area contributed by atoms with Crippen LogP contribution in [0, 0.1) is 0 Å². The monoisotopic (exact) mass is 253 g/mol. The van der Waals surface area contributed by atoms with E-state index in [-0.39, 0.29) is 11.2 Å². The van der Waals surface area contributed by atoms with Crippen LogP contribution in [0.5, 0.6) is 0 Å². The molecular weight excluding hydrogens is 230 g/mol. The van der Waals surface area contributed by atoms with Crippen molar-refractivity contribution in [2.75, 3.05) is 31.2 Å². The number of unbranched alkanes of at least 4 members (excludes halogenated alkanes) is 1. The molecule has 0 atom stereocenters. The van der Waals surface area contributed by atoms with Crippen LogP contribution in [0.3, 0.4) is 0 Å². The topological polar surface area (TPSA) is 87.0 Å². The smallest absolute Gasteiger partial charge is 0.276 e. The van der Waals surface area contributed by atoms with Crippen molar-refractivity contribution in [2.24, 2.45) is 0 Å². The van der Waals surface area contributed by atoms with Gasteiger partial charge in [-0.25, -0.2) is 4.98 Å². The molecule has 0 aliphatic heterocycles. The van der Waals surface area contributed by atoms with Crippen molar-refractivity contribution in [1.29, 1.82) is 0 Å². The summed E-state index contributed by atoms with van der Waals surface area (Å²) in [5.41, 5.74) is 5.46. The van der Waals surface area contributed by atoms with Crippen molar-refractivity contribution >= 4 is 11.5 Å². The average Bonchev–Trinajstić information content (AvgIpc) is 2.33. The lowest BCUT2D eigenvalue weighted by atomic mass is 10.2. The van der Waals surface area contributed by atoms with Gasteiger partial charge in [-0.3, -0.25) is 4.79 Å². The zero-order valence-electron chi connectivity index (χ0n) is 11.4. The summed E-state index contributed by atoms with van der Waals surface area (Å²) in [7, 11) is 2.12. The van der Waals surface area contributed by atoms with Crippen LogP contribution in [0.25, 0.3) is 0 Å². The van der Waals surface area contributed by atoms with E-state index >= 15 is 0 Å². The Hall–Kier alpha value is -1.56. The SMILES string of the molecule is CC(C)N(C)CCCCNc1nc[nH]c(=O)c1N. The molecule has 4 N–H and O–H groups in total. The third-order valence-corrected chi connectivity index (χ3v) is 3.00. The number of hydrogen-bond acceptors (Lipinski definition) is 5. The zero-order chi connectivity index (χ0) is 13.5. The van der Waals surface area contributed by atoms with Crippen molar-refractivity contribution in [3.63, 3.8) is 0 Å². The third-order valence-electron chi connectivity index (χ3n) is 3.00. The lowest BCUT2D eigenvalue weighted by Crippen LogP contribution is -2.27. The molecule has 6 nitrogen and oxygen atoms in total. The van der Waals surface area contributed by atoms with Crippen molar-refractivity contribution in [2.45, 2.75) is 32.7 Å². The van der Waals surface area contributed by atoms with Crippen LogP contribution in [0.15, 0.2) is 11.1 Å². The van der Waals surface area contributed by atoms with E-state index in [0.717, 1.165) is 25.9 Å². The van der Waals surface area contributed by atoms with Crippen molar-refractivity contribution in [1.82, 2.24) is 14.9 Å². The van der Waals surface area contributed by atoms with E-state index in [1.807, 2.05) is 0 Å². The average molecular weight is 253 g/mol. The fourth-order valence-electron chi connectivity index (χ4n) is 1.50. The van der Waals surface area contributed by atoms with E-state index in [1.54, 1.807) is 0 Å². The van der Waals surface area contributed by atoms with Crippen molar-refractivity contribution < 1.29 is 0 Å². The highest BCUT2D eigenvalue weighted by atomic mass is 16.1. The highest BCUT2D eigenvalue weighted by molar-refractivity contribution is 5.58. The van der Waals surface area contributed by atoms with Gasteiger partial charge in [-0.15, -0.1) is 0 Å². The van der Waals surface area contributed by atoms with E-state index in [4.69, 9.17) is 5.73 Å². The first-order valence-corrected chi connectivity index (χ1v) is 6.29. The maximum Gasteiger partial charge on any atom is 0.276 e. The molecule has 6 heteroatoms. The summed E-state index contributed by atoms with van der Waals surface area (Å²) in [5.74, 6) is 0.468. The summed E-state index contributed by atoms with van der Waals surface area (Å²) in [6.07, 6.45) is 3.48. The summed E-state index contributed by atoms with van der Waals surface area (Å²) in [4.78, 5) is 20.0. The first-order chi connectivity index (χ1) is 8.52. The first-order valence-electron chi connectivity index (χ1n) is 6.29. The minimum atomic E-state index is -0.299. The third kappa shape index (κ3) is 4.37. The van der Waals surface area contributed by atoms with E-state index in [9.17, 15) is 4.79 Å². The molecule has 0 aromatic carbocycles. The molecule has 1 rings (SSSR count). The Kier molecular flexibility index (Phi) is 5.64. The molecule has 0 saturated carbocycles. The summed E-state index contributed by atoms with van der Waals surface area (Å²) in [6.45, 7) is 6.20. The maximum atomic E-state index is 11.2. The van der Waals surface area contributed by atoms with Gasteiger partial charge in [0.1, 0.15) is 5.69 Å². The molecule has 1 aromatic rings. The Morgan fingerprint density at radius 2 is 2.22 bits per heavy atom. The Balaban J connectivity index is 2.26. The molecule has 0 amide bonds. The van der Waals surface area contributed by atoms with Crippen LogP contribution in [-0.2, 0) is 0 Å². The molecule has 0 fully saturated rings. The number of H-pyrrole nitrogens is 1. The molecule has 1 heterocycles. The largest absolute Gasteiger partial charge is 0.391 e. The van der Waals surface area contributed by atoms with Crippen LogP contribution < -0.4 is 16.6 Å². The van der Waals surface area contributed by atoms with Crippen LogP contribution in [-0.4, -0.2) is 41.0 Å². The van der Waals surface area contributed by atoms with E-state index in [2.05, 4.69) is 41.1 Å². The van der Waals surface area contributed by atoms with Gasteiger partial charge >= 0.3 is 0 Å². The Morgan fingerprint density at radius 1 is 1.50 bits per heavy atom. The second kappa shape index (κ2) is 7.00. The van der Waals surface area contributed by atoms with Crippen molar-refractivity contribution in [3.8, 4) is 0 Å². The Labute approximate surface area is 108 Å². The fourth-order valence-corrected chi connectivity index (χ4v) is 1.50. The van der Waals surface area contributed by atoms with Crippen LogP contribution >= 0.6 is 0 Å². The first kappa shape index (κ1) is 14.5. The van der Waals surface area contributed by atoms with Crippen LogP contribution in [0.2, 0.25) is 0 Å². The fraction of sp³-hybridized carbons (Fsp3) is 0.667. The van der Waals surface area contributed by atoms with Gasteiger partial charge in [0.25, 0.3) is 5.56 Å². The van der Waals surface area contributed by atoms with Gasteiger partial charge in [0.05, 0.1) is 6.33 Å². The number of rotatable bonds is 7. The molecule has 0 unspecified atom stereocenters. The number of nitrogens with zero attached hydrogens (tertiary/aromatic N) is 2.